The van der Waals surface area contributed by atoms with E-state index in [9.17, 15) is 29.1 Å². The van der Waals surface area contributed by atoms with Gasteiger partial charge in [-0.15, -0.1) is 5.10 Å². The monoisotopic (exact) mass is 755 g/mol. The van der Waals surface area contributed by atoms with Crippen LogP contribution in [0, 0.1) is 5.82 Å². The molecule has 6 rings (SSSR count). The van der Waals surface area contributed by atoms with Crippen LogP contribution in [-0.2, 0) is 32.0 Å². The first-order valence-electron chi connectivity index (χ1n) is 17.0. The van der Waals surface area contributed by atoms with Crippen molar-refractivity contribution >= 4 is 52.8 Å². The number of carboxylic acids is 2. The van der Waals surface area contributed by atoms with E-state index in [4.69, 9.17) is 22.4 Å². The highest BCUT2D eigenvalue weighted by atomic mass is 35.5. The number of Topliss-reactive ketones (excluding diaryl/α,β-unsaturated/α-hetero) is 1. The molecule has 2 atom stereocenters. The molecule has 2 aliphatic heterocycles. The summed E-state index contributed by atoms with van der Waals surface area (Å²) in [6.07, 6.45) is 6.53. The number of tetrazole rings is 1. The lowest BCUT2D eigenvalue weighted by Gasteiger charge is -2.37. The number of nitrogens with zero attached hydrogens (tertiary/aromatic N) is 6. The van der Waals surface area contributed by atoms with Crippen LogP contribution < -0.4 is 5.73 Å². The molecule has 0 saturated carbocycles. The van der Waals surface area contributed by atoms with Crippen LogP contribution in [0.25, 0.3) is 17.3 Å². The van der Waals surface area contributed by atoms with Crippen molar-refractivity contribution in [2.24, 2.45) is 5.73 Å². The fourth-order valence-electron chi connectivity index (χ4n) is 6.76. The second-order valence-corrected chi connectivity index (χ2v) is 13.3. The number of fused-ring (bicyclic) bond motifs is 1. The third kappa shape index (κ3) is 8.11. The van der Waals surface area contributed by atoms with Crippen molar-refractivity contribution in [2.45, 2.75) is 44.2 Å². The molecule has 0 aliphatic carbocycles. The Morgan fingerprint density at radius 2 is 1.80 bits per heavy atom. The summed E-state index contributed by atoms with van der Waals surface area (Å²) in [5.74, 6) is -4.10. The molecule has 16 heteroatoms. The van der Waals surface area contributed by atoms with Crippen LogP contribution in [0.4, 0.5) is 4.39 Å². The molecule has 0 spiro atoms. The number of aliphatic carboxylic acids is 1. The Labute approximate surface area is 313 Å². The lowest BCUT2D eigenvalue weighted by molar-refractivity contribution is -0.139. The zero-order valence-corrected chi connectivity index (χ0v) is 29.5. The van der Waals surface area contributed by atoms with Gasteiger partial charge < -0.3 is 25.7 Å². The smallest absolute Gasteiger partial charge is 0.335 e. The number of carbonyl (C=O) groups excluding carboxylic acids is 3. The number of aromatic nitrogens is 4. The molecule has 2 aliphatic rings. The van der Waals surface area contributed by atoms with Gasteiger partial charge in [0.15, 0.2) is 11.6 Å². The first-order valence-corrected chi connectivity index (χ1v) is 17.4. The number of benzene rings is 3. The van der Waals surface area contributed by atoms with Gasteiger partial charge in [0.25, 0.3) is 0 Å². The molecule has 0 fully saturated rings. The summed E-state index contributed by atoms with van der Waals surface area (Å²) < 4.78 is 16.6. The van der Waals surface area contributed by atoms with Crippen LogP contribution in [0.5, 0.6) is 0 Å². The van der Waals surface area contributed by atoms with Gasteiger partial charge >= 0.3 is 11.9 Å². The molecule has 14 nitrogen and oxygen atoms in total. The fraction of sp³-hybridized carbons (Fsp3) is 0.263. The largest absolute Gasteiger partial charge is 0.480 e. The summed E-state index contributed by atoms with van der Waals surface area (Å²) in [7, 11) is 0. The van der Waals surface area contributed by atoms with Crippen LogP contribution in [0.2, 0.25) is 5.02 Å². The number of carboxylic acid groups (broad SMARTS) is 2. The van der Waals surface area contributed by atoms with Gasteiger partial charge in [0, 0.05) is 44.1 Å². The highest BCUT2D eigenvalue weighted by Gasteiger charge is 2.36. The maximum absolute atomic E-state index is 15.3. The summed E-state index contributed by atoms with van der Waals surface area (Å²) in [5, 5.41) is 29.2. The molecule has 2 amide bonds. The Balaban J connectivity index is 1.30. The van der Waals surface area contributed by atoms with Crippen molar-refractivity contribution in [2.75, 3.05) is 19.6 Å². The number of halogens is 2. The molecule has 1 unspecified atom stereocenters. The van der Waals surface area contributed by atoms with E-state index in [1.54, 1.807) is 23.1 Å². The topological polar surface area (TPSA) is 202 Å². The molecule has 1 aromatic heterocycles. The number of ketones is 1. The summed E-state index contributed by atoms with van der Waals surface area (Å²) in [4.78, 5) is 66.6. The molecule has 0 saturated heterocycles. The second-order valence-electron chi connectivity index (χ2n) is 12.9. The zero-order valence-electron chi connectivity index (χ0n) is 28.8. The number of hydrogen-bond donors (Lipinski definition) is 3. The van der Waals surface area contributed by atoms with Gasteiger partial charge in [-0.3, -0.25) is 19.2 Å². The van der Waals surface area contributed by atoms with Gasteiger partial charge in [0.05, 0.1) is 16.3 Å². The number of nitrogens with two attached hydrogens (primary N) is 1. The number of aromatic carboxylic acids is 1. The van der Waals surface area contributed by atoms with Gasteiger partial charge in [-0.25, -0.2) is 9.18 Å². The normalized spacial score (nSPS) is 16.1. The van der Waals surface area contributed by atoms with E-state index in [0.29, 0.717) is 37.1 Å². The highest BCUT2D eigenvalue weighted by Crippen LogP contribution is 2.37. The third-order valence-electron chi connectivity index (χ3n) is 9.58. The number of carbonyl (C=O) groups is 5. The van der Waals surface area contributed by atoms with E-state index < -0.39 is 35.7 Å². The lowest BCUT2D eigenvalue weighted by atomic mass is 9.82. The average Bonchev–Trinajstić information content (AvgIpc) is 3.71. The third-order valence-corrected chi connectivity index (χ3v) is 9.87. The second kappa shape index (κ2) is 16.3. The average molecular weight is 756 g/mol. The molecule has 54 heavy (non-hydrogen) atoms. The minimum Gasteiger partial charge on any atom is -0.480 e. The summed E-state index contributed by atoms with van der Waals surface area (Å²) in [6.45, 7) is 0.881. The maximum Gasteiger partial charge on any atom is 0.335 e. The molecular formula is C38H35ClFN7O7. The highest BCUT2D eigenvalue weighted by molar-refractivity contribution is 6.31. The lowest BCUT2D eigenvalue weighted by Crippen LogP contribution is -2.43. The van der Waals surface area contributed by atoms with Crippen molar-refractivity contribution in [3.8, 4) is 5.69 Å². The van der Waals surface area contributed by atoms with Crippen LogP contribution in [-0.4, -0.2) is 95.4 Å². The van der Waals surface area contributed by atoms with E-state index in [1.165, 1.54) is 52.3 Å². The molecule has 4 N–H and O–H groups in total. The number of hydrogen-bond acceptors (Lipinski definition) is 9. The predicted molar refractivity (Wildman–Crippen MR) is 194 cm³/mol. The van der Waals surface area contributed by atoms with Crippen molar-refractivity contribution < 1.29 is 38.6 Å². The van der Waals surface area contributed by atoms with E-state index in [-0.39, 0.29) is 59.3 Å². The number of amides is 2. The quantitative estimate of drug-likeness (QED) is 0.177. The van der Waals surface area contributed by atoms with Crippen LogP contribution in [0.1, 0.15) is 63.5 Å². The summed E-state index contributed by atoms with van der Waals surface area (Å²) in [6, 6.07) is 12.2. The molecular weight excluding hydrogens is 721 g/mol. The van der Waals surface area contributed by atoms with Crippen molar-refractivity contribution in [3.63, 3.8) is 0 Å². The van der Waals surface area contributed by atoms with Gasteiger partial charge in [0.1, 0.15) is 18.4 Å². The van der Waals surface area contributed by atoms with Crippen molar-refractivity contribution in [3.05, 3.63) is 117 Å². The molecule has 278 valence electrons. The Morgan fingerprint density at radius 3 is 2.46 bits per heavy atom. The minimum atomic E-state index is -1.16. The fourth-order valence-corrected chi connectivity index (χ4v) is 6.92. The van der Waals surface area contributed by atoms with E-state index in [0.717, 1.165) is 16.7 Å². The molecule has 0 bridgehead atoms. The van der Waals surface area contributed by atoms with Gasteiger partial charge in [-0.05, 0) is 87.9 Å². The first-order chi connectivity index (χ1) is 25.9. The van der Waals surface area contributed by atoms with Crippen molar-refractivity contribution in [1.82, 2.24) is 30.0 Å². The SMILES string of the molecule is N[C@@H](CCC(=O)N1CC=C(c2cccc3c2CCN(C(=O)/C=C/c2c(-n4cnnn4)ccc(Cl)c2F)C3C(=O)Cc2ccc(C(=O)O)cc2)CC1)C(=O)O. The van der Waals surface area contributed by atoms with Crippen LogP contribution in [0.3, 0.4) is 0 Å². The molecule has 3 heterocycles. The van der Waals surface area contributed by atoms with Crippen LogP contribution >= 0.6 is 11.6 Å². The van der Waals surface area contributed by atoms with Gasteiger partial charge in [-0.2, -0.15) is 4.68 Å². The van der Waals surface area contributed by atoms with Gasteiger partial charge in [0.2, 0.25) is 11.8 Å². The van der Waals surface area contributed by atoms with E-state index >= 15 is 4.39 Å². The Kier molecular flexibility index (Phi) is 11.4. The zero-order chi connectivity index (χ0) is 38.5. The first kappa shape index (κ1) is 37.7. The minimum absolute atomic E-state index is 0.0153. The van der Waals surface area contributed by atoms with Gasteiger partial charge in [-0.1, -0.05) is 48.0 Å². The predicted octanol–water partition coefficient (Wildman–Crippen LogP) is 3.91. The van der Waals surface area contributed by atoms with Crippen molar-refractivity contribution in [1.29, 1.82) is 0 Å². The van der Waals surface area contributed by atoms with E-state index in [1.807, 2.05) is 18.2 Å². The molecule has 3 aromatic carbocycles. The number of rotatable bonds is 12. The molecule has 0 radical (unpaired) electrons. The maximum atomic E-state index is 15.3. The molecule has 4 aromatic rings. The Bertz CT molecular complexity index is 2170. The van der Waals surface area contributed by atoms with Crippen LogP contribution in [0.15, 0.2) is 73.1 Å². The standard InChI is InChI=1S/C38H35ClFN7O7/c39-29-9-11-31(47-21-42-43-44-47)28(35(29)40)8-12-34(50)46-19-16-26-25(23-14-17-45(18-15-23)33(49)13-10-30(41)38(53)54)2-1-3-27(26)36(46)32(48)20-22-4-6-24(7-5-22)37(51)52/h1-9,11-12,14,21,30,36H,10,13,15-20,41H2,(H,51,52)(H,53,54)/b12-8+/t30-,36?/m0/s1. The summed E-state index contributed by atoms with van der Waals surface area (Å²) >= 11 is 6.08. The Morgan fingerprint density at radius 1 is 1.02 bits per heavy atom. The van der Waals surface area contributed by atoms with E-state index in [2.05, 4.69) is 15.5 Å². The summed E-state index contributed by atoms with van der Waals surface area (Å²) in [5.41, 5.74) is 9.78. The Hall–Kier alpha value is -6.06.